The molecule has 3 rings (SSSR count). The fraction of sp³-hybridized carbons (Fsp3) is 0.222. The molecule has 2 aromatic heterocycles. The van der Waals surface area contributed by atoms with Gasteiger partial charge >= 0.3 is 0 Å². The summed E-state index contributed by atoms with van der Waals surface area (Å²) in [5.41, 5.74) is 3.47. The average molecular weight is 308 g/mol. The second-order valence-electron chi connectivity index (χ2n) is 5.42. The molecule has 1 aromatic carbocycles. The van der Waals surface area contributed by atoms with Crippen molar-refractivity contribution < 1.29 is 4.79 Å². The maximum Gasteiger partial charge on any atom is 0.234 e. The first-order valence-corrected chi connectivity index (χ1v) is 7.74. The summed E-state index contributed by atoms with van der Waals surface area (Å²) in [4.78, 5) is 19.0. The maximum atomic E-state index is 11.8. The minimum absolute atomic E-state index is 0.000684. The number of nitrogens with zero attached hydrogens (tertiary/aromatic N) is 1. The number of hydrogen-bond donors (Lipinski definition) is 3. The molecule has 3 N–H and O–H groups in total. The summed E-state index contributed by atoms with van der Waals surface area (Å²) in [5.74, 6) is 0.000684. The van der Waals surface area contributed by atoms with Gasteiger partial charge in [-0.2, -0.15) is 0 Å². The smallest absolute Gasteiger partial charge is 0.234 e. The lowest BCUT2D eigenvalue weighted by Crippen LogP contribution is -2.34. The lowest BCUT2D eigenvalue weighted by atomic mass is 10.1. The molecule has 3 aromatic rings. The summed E-state index contributed by atoms with van der Waals surface area (Å²) in [7, 11) is 0. The Kier molecular flexibility index (Phi) is 5.01. The molecule has 0 unspecified atom stereocenters. The second kappa shape index (κ2) is 7.56. The van der Waals surface area contributed by atoms with Gasteiger partial charge in [0.15, 0.2) is 0 Å². The molecule has 0 radical (unpaired) electrons. The lowest BCUT2D eigenvalue weighted by molar-refractivity contribution is -0.120. The fourth-order valence-electron chi connectivity index (χ4n) is 2.53. The van der Waals surface area contributed by atoms with Crippen LogP contribution in [-0.2, 0) is 17.8 Å². The zero-order chi connectivity index (χ0) is 15.9. The molecule has 2 heterocycles. The van der Waals surface area contributed by atoms with Gasteiger partial charge in [-0.15, -0.1) is 0 Å². The third-order valence-electron chi connectivity index (χ3n) is 3.77. The van der Waals surface area contributed by atoms with Crippen LogP contribution >= 0.6 is 0 Å². The number of fused-ring (bicyclic) bond motifs is 1. The van der Waals surface area contributed by atoms with Gasteiger partial charge in [-0.05, 0) is 42.3 Å². The van der Waals surface area contributed by atoms with Gasteiger partial charge in [0.25, 0.3) is 0 Å². The number of carbonyl (C=O) groups is 1. The van der Waals surface area contributed by atoms with E-state index in [-0.39, 0.29) is 5.91 Å². The summed E-state index contributed by atoms with van der Waals surface area (Å²) in [6, 6.07) is 12.0. The maximum absolute atomic E-state index is 11.8. The number of pyridine rings is 1. The normalized spacial score (nSPS) is 10.8. The summed E-state index contributed by atoms with van der Waals surface area (Å²) in [6.07, 6.45) is 6.37. The summed E-state index contributed by atoms with van der Waals surface area (Å²) in [5, 5.41) is 7.32. The highest BCUT2D eigenvalue weighted by molar-refractivity contribution is 5.83. The molecule has 0 spiro atoms. The zero-order valence-corrected chi connectivity index (χ0v) is 12.9. The van der Waals surface area contributed by atoms with Crippen LogP contribution in [0, 0.1) is 0 Å². The van der Waals surface area contributed by atoms with Crippen LogP contribution in [0.5, 0.6) is 0 Å². The van der Waals surface area contributed by atoms with Crippen LogP contribution < -0.4 is 10.6 Å². The molecule has 1 amide bonds. The summed E-state index contributed by atoms with van der Waals surface area (Å²) in [6.45, 7) is 1.63. The van der Waals surface area contributed by atoms with Gasteiger partial charge in [0.2, 0.25) is 5.91 Å². The van der Waals surface area contributed by atoms with Gasteiger partial charge in [0.05, 0.1) is 6.54 Å². The van der Waals surface area contributed by atoms with E-state index in [1.54, 1.807) is 12.4 Å². The van der Waals surface area contributed by atoms with Crippen molar-refractivity contribution in [2.75, 3.05) is 13.1 Å². The highest BCUT2D eigenvalue weighted by Gasteiger charge is 2.04. The molecule has 0 aliphatic heterocycles. The molecule has 0 bridgehead atoms. The van der Waals surface area contributed by atoms with E-state index < -0.39 is 0 Å². The number of amides is 1. The Morgan fingerprint density at radius 1 is 1.13 bits per heavy atom. The predicted octanol–water partition coefficient (Wildman–Crippen LogP) is 2.01. The molecule has 0 aliphatic carbocycles. The van der Waals surface area contributed by atoms with Crippen molar-refractivity contribution in [3.63, 3.8) is 0 Å². The van der Waals surface area contributed by atoms with E-state index in [4.69, 9.17) is 0 Å². The van der Waals surface area contributed by atoms with Crippen LogP contribution in [0.4, 0.5) is 0 Å². The number of rotatable bonds is 7. The number of aromatic nitrogens is 2. The number of benzene rings is 1. The first-order valence-electron chi connectivity index (χ1n) is 7.74. The quantitative estimate of drug-likeness (QED) is 0.585. The van der Waals surface area contributed by atoms with E-state index in [0.717, 1.165) is 24.0 Å². The molecular weight excluding hydrogens is 288 g/mol. The topological polar surface area (TPSA) is 69.8 Å². The first-order chi connectivity index (χ1) is 11.3. The van der Waals surface area contributed by atoms with Crippen LogP contribution in [0.15, 0.2) is 55.0 Å². The van der Waals surface area contributed by atoms with Crippen molar-refractivity contribution in [1.82, 2.24) is 20.6 Å². The van der Waals surface area contributed by atoms with Crippen LogP contribution in [0.1, 0.15) is 11.1 Å². The second-order valence-corrected chi connectivity index (χ2v) is 5.42. The molecule has 0 aliphatic rings. The SMILES string of the molecule is O=C(CNCCc1c[nH]c2ccccc12)NCc1ccncc1. The van der Waals surface area contributed by atoms with E-state index >= 15 is 0 Å². The Morgan fingerprint density at radius 2 is 1.96 bits per heavy atom. The molecule has 23 heavy (non-hydrogen) atoms. The Hall–Kier alpha value is -2.66. The van der Waals surface area contributed by atoms with Crippen molar-refractivity contribution in [3.05, 3.63) is 66.1 Å². The van der Waals surface area contributed by atoms with E-state index in [0.29, 0.717) is 13.1 Å². The van der Waals surface area contributed by atoms with E-state index in [2.05, 4.69) is 32.7 Å². The highest BCUT2D eigenvalue weighted by atomic mass is 16.1. The standard InChI is InChI=1S/C18H20N4O/c23-18(22-11-14-5-8-19-9-6-14)13-20-10-7-15-12-21-17-4-2-1-3-16(15)17/h1-6,8-9,12,20-21H,7,10-11,13H2,(H,22,23). The predicted molar refractivity (Wildman–Crippen MR) is 91.0 cm³/mol. The Bertz CT molecular complexity index is 767. The van der Waals surface area contributed by atoms with Crippen molar-refractivity contribution in [2.24, 2.45) is 0 Å². The van der Waals surface area contributed by atoms with Crippen molar-refractivity contribution in [2.45, 2.75) is 13.0 Å². The van der Waals surface area contributed by atoms with Crippen LogP contribution in [0.3, 0.4) is 0 Å². The highest BCUT2D eigenvalue weighted by Crippen LogP contribution is 2.17. The number of nitrogens with one attached hydrogen (secondary N) is 3. The minimum atomic E-state index is 0.000684. The van der Waals surface area contributed by atoms with Crippen molar-refractivity contribution in [1.29, 1.82) is 0 Å². The Morgan fingerprint density at radius 3 is 2.83 bits per heavy atom. The van der Waals surface area contributed by atoms with Gasteiger partial charge in [-0.1, -0.05) is 18.2 Å². The van der Waals surface area contributed by atoms with Crippen LogP contribution in [0.2, 0.25) is 0 Å². The first kappa shape index (κ1) is 15.2. The van der Waals surface area contributed by atoms with E-state index in [1.165, 1.54) is 10.9 Å². The number of H-pyrrole nitrogens is 1. The van der Waals surface area contributed by atoms with Gasteiger partial charge in [0, 0.05) is 36.0 Å². The van der Waals surface area contributed by atoms with Gasteiger partial charge in [-0.3, -0.25) is 9.78 Å². The molecular formula is C18H20N4O. The average Bonchev–Trinajstić information content (AvgIpc) is 3.01. The van der Waals surface area contributed by atoms with Crippen LogP contribution in [0.25, 0.3) is 10.9 Å². The molecule has 0 fully saturated rings. The largest absolute Gasteiger partial charge is 0.361 e. The molecule has 5 nitrogen and oxygen atoms in total. The van der Waals surface area contributed by atoms with Crippen molar-refractivity contribution in [3.8, 4) is 0 Å². The zero-order valence-electron chi connectivity index (χ0n) is 12.9. The Balaban J connectivity index is 1.39. The molecule has 0 saturated heterocycles. The number of hydrogen-bond acceptors (Lipinski definition) is 3. The number of carbonyl (C=O) groups excluding carboxylic acids is 1. The third kappa shape index (κ3) is 4.17. The summed E-state index contributed by atoms with van der Waals surface area (Å²) < 4.78 is 0. The van der Waals surface area contributed by atoms with Crippen molar-refractivity contribution >= 4 is 16.8 Å². The van der Waals surface area contributed by atoms with Crippen LogP contribution in [-0.4, -0.2) is 29.0 Å². The minimum Gasteiger partial charge on any atom is -0.361 e. The van der Waals surface area contributed by atoms with Gasteiger partial charge < -0.3 is 15.6 Å². The molecule has 118 valence electrons. The summed E-state index contributed by atoms with van der Waals surface area (Å²) >= 11 is 0. The fourth-order valence-corrected chi connectivity index (χ4v) is 2.53. The van der Waals surface area contributed by atoms with E-state index in [1.807, 2.05) is 30.5 Å². The van der Waals surface area contributed by atoms with E-state index in [9.17, 15) is 4.79 Å². The van der Waals surface area contributed by atoms with Gasteiger partial charge in [-0.25, -0.2) is 0 Å². The monoisotopic (exact) mass is 308 g/mol. The number of para-hydroxylation sites is 1. The molecule has 5 heteroatoms. The van der Waals surface area contributed by atoms with Gasteiger partial charge in [0.1, 0.15) is 0 Å². The molecule has 0 saturated carbocycles. The Labute approximate surface area is 135 Å². The third-order valence-corrected chi connectivity index (χ3v) is 3.77. The lowest BCUT2D eigenvalue weighted by Gasteiger charge is -2.06. The molecule has 0 atom stereocenters. The number of aromatic amines is 1.